The van der Waals surface area contributed by atoms with Gasteiger partial charge >= 0.3 is 12.1 Å². The molecule has 0 heterocycles. The second-order valence-corrected chi connectivity index (χ2v) is 6.89. The number of hydrogen-bond donors (Lipinski definition) is 2. The van der Waals surface area contributed by atoms with Crippen LogP contribution < -0.4 is 11.5 Å². The van der Waals surface area contributed by atoms with E-state index in [0.717, 1.165) is 42.7 Å². The highest BCUT2D eigenvalue weighted by Gasteiger charge is 2.31. The number of anilines is 2. The molecule has 144 valence electrons. The van der Waals surface area contributed by atoms with Crippen LogP contribution in [-0.2, 0) is 10.9 Å². The molecule has 0 radical (unpaired) electrons. The molecule has 0 spiro atoms. The van der Waals surface area contributed by atoms with Crippen LogP contribution in [0.15, 0.2) is 42.5 Å². The van der Waals surface area contributed by atoms with Crippen molar-refractivity contribution in [1.82, 2.24) is 0 Å². The Morgan fingerprint density at radius 1 is 0.926 bits per heavy atom. The van der Waals surface area contributed by atoms with Crippen LogP contribution in [0.3, 0.4) is 0 Å². The van der Waals surface area contributed by atoms with Gasteiger partial charge in [0.1, 0.15) is 6.10 Å². The molecule has 0 amide bonds. The molecule has 2 aromatic carbocycles. The highest BCUT2D eigenvalue weighted by molar-refractivity contribution is 5.89. The molecular weight excluding hydrogens is 357 g/mol. The lowest BCUT2D eigenvalue weighted by molar-refractivity contribution is -0.137. The van der Waals surface area contributed by atoms with Crippen LogP contribution in [0.4, 0.5) is 24.5 Å². The maximum atomic E-state index is 12.6. The Kier molecular flexibility index (Phi) is 5.30. The van der Waals surface area contributed by atoms with Crippen LogP contribution in [0.1, 0.15) is 53.1 Å². The van der Waals surface area contributed by atoms with Crippen molar-refractivity contribution in [2.24, 2.45) is 0 Å². The molecule has 4 N–H and O–H groups in total. The van der Waals surface area contributed by atoms with E-state index in [4.69, 9.17) is 16.2 Å². The zero-order valence-electron chi connectivity index (χ0n) is 14.6. The number of benzene rings is 2. The van der Waals surface area contributed by atoms with E-state index in [0.29, 0.717) is 30.1 Å². The SMILES string of the molecule is Nc1cc(N)cc(C2CCC(OC(=O)c3ccc(C(F)(F)F)cc3)CC2)c1. The van der Waals surface area contributed by atoms with Gasteiger partial charge in [-0.25, -0.2) is 4.79 Å². The summed E-state index contributed by atoms with van der Waals surface area (Å²) < 4.78 is 43.2. The number of carbonyl (C=O) groups excluding carboxylic acids is 1. The lowest BCUT2D eigenvalue weighted by Crippen LogP contribution is -2.24. The highest BCUT2D eigenvalue weighted by Crippen LogP contribution is 2.36. The van der Waals surface area contributed by atoms with Gasteiger partial charge in [-0.15, -0.1) is 0 Å². The zero-order chi connectivity index (χ0) is 19.6. The molecule has 1 aliphatic rings. The molecule has 0 bridgehead atoms. The van der Waals surface area contributed by atoms with Crippen molar-refractivity contribution in [2.45, 2.75) is 43.9 Å². The summed E-state index contributed by atoms with van der Waals surface area (Å²) in [5.41, 5.74) is 13.3. The number of rotatable bonds is 3. The first-order valence-corrected chi connectivity index (χ1v) is 8.76. The Balaban J connectivity index is 1.56. The van der Waals surface area contributed by atoms with E-state index in [1.807, 2.05) is 12.1 Å². The molecular formula is C20H21F3N2O2. The number of nitrogen functional groups attached to an aromatic ring is 2. The average molecular weight is 378 g/mol. The normalized spacial score (nSPS) is 20.3. The van der Waals surface area contributed by atoms with Gasteiger partial charge < -0.3 is 16.2 Å². The van der Waals surface area contributed by atoms with Gasteiger partial charge in [0.15, 0.2) is 0 Å². The predicted octanol–water partition coefficient (Wildman–Crippen LogP) is 4.75. The third kappa shape index (κ3) is 4.72. The van der Waals surface area contributed by atoms with E-state index in [-0.39, 0.29) is 11.7 Å². The molecule has 0 atom stereocenters. The fourth-order valence-corrected chi connectivity index (χ4v) is 3.47. The van der Waals surface area contributed by atoms with Gasteiger partial charge in [0, 0.05) is 11.4 Å². The van der Waals surface area contributed by atoms with Gasteiger partial charge in [-0.2, -0.15) is 13.2 Å². The quantitative estimate of drug-likeness (QED) is 0.597. The van der Waals surface area contributed by atoms with Gasteiger partial charge in [0.2, 0.25) is 0 Å². The van der Waals surface area contributed by atoms with Crippen LogP contribution in [0, 0.1) is 0 Å². The molecule has 1 fully saturated rings. The zero-order valence-corrected chi connectivity index (χ0v) is 14.6. The summed E-state index contributed by atoms with van der Waals surface area (Å²) in [4.78, 5) is 12.2. The van der Waals surface area contributed by atoms with E-state index >= 15 is 0 Å². The Bertz CT molecular complexity index is 791. The summed E-state index contributed by atoms with van der Waals surface area (Å²) in [5.74, 6) is -0.294. The van der Waals surface area contributed by atoms with Crippen LogP contribution >= 0.6 is 0 Å². The van der Waals surface area contributed by atoms with E-state index in [1.165, 1.54) is 0 Å². The number of hydrogen-bond acceptors (Lipinski definition) is 4. The Morgan fingerprint density at radius 2 is 1.48 bits per heavy atom. The topological polar surface area (TPSA) is 78.3 Å². The molecule has 1 saturated carbocycles. The molecule has 2 aromatic rings. The third-order valence-corrected chi connectivity index (χ3v) is 4.87. The van der Waals surface area contributed by atoms with Crippen molar-refractivity contribution in [1.29, 1.82) is 0 Å². The molecule has 0 saturated heterocycles. The predicted molar refractivity (Wildman–Crippen MR) is 97.1 cm³/mol. The Hall–Kier alpha value is -2.70. The second-order valence-electron chi connectivity index (χ2n) is 6.89. The standard InChI is InChI=1S/C20H21F3N2O2/c21-20(22,23)15-5-1-13(2-6-15)19(26)27-18-7-3-12(4-8-18)14-9-16(24)11-17(25)10-14/h1-2,5-6,9-12,18H,3-4,7-8,24-25H2. The minimum absolute atomic E-state index is 0.119. The molecule has 0 unspecified atom stereocenters. The summed E-state index contributed by atoms with van der Waals surface area (Å²) in [7, 11) is 0. The van der Waals surface area contributed by atoms with Gasteiger partial charge in [-0.1, -0.05) is 0 Å². The number of ether oxygens (including phenoxy) is 1. The van der Waals surface area contributed by atoms with Crippen LogP contribution in [-0.4, -0.2) is 12.1 Å². The maximum Gasteiger partial charge on any atom is 0.416 e. The molecule has 0 aliphatic heterocycles. The molecule has 0 aromatic heterocycles. The summed E-state index contributed by atoms with van der Waals surface area (Å²) in [6, 6.07) is 9.60. The van der Waals surface area contributed by atoms with Gasteiger partial charge in [0.25, 0.3) is 0 Å². The molecule has 1 aliphatic carbocycles. The lowest BCUT2D eigenvalue weighted by atomic mass is 9.82. The first kappa shape index (κ1) is 19.1. The van der Waals surface area contributed by atoms with Crippen molar-refractivity contribution in [3.05, 3.63) is 59.2 Å². The van der Waals surface area contributed by atoms with Crippen LogP contribution in [0.2, 0.25) is 0 Å². The second kappa shape index (κ2) is 7.50. The van der Waals surface area contributed by atoms with Crippen molar-refractivity contribution in [3.8, 4) is 0 Å². The largest absolute Gasteiger partial charge is 0.459 e. The molecule has 7 heteroatoms. The summed E-state index contributed by atoms with van der Waals surface area (Å²) in [5, 5.41) is 0. The summed E-state index contributed by atoms with van der Waals surface area (Å²) in [6.07, 6.45) is -1.64. The first-order valence-electron chi connectivity index (χ1n) is 8.76. The van der Waals surface area contributed by atoms with E-state index in [2.05, 4.69) is 0 Å². The minimum atomic E-state index is -4.43. The van der Waals surface area contributed by atoms with Crippen molar-refractivity contribution in [3.63, 3.8) is 0 Å². The fraction of sp³-hybridized carbons (Fsp3) is 0.350. The number of alkyl halides is 3. The molecule has 4 nitrogen and oxygen atoms in total. The molecule has 3 rings (SSSR count). The van der Waals surface area contributed by atoms with Crippen molar-refractivity contribution < 1.29 is 22.7 Å². The van der Waals surface area contributed by atoms with E-state index in [1.54, 1.807) is 6.07 Å². The van der Waals surface area contributed by atoms with Crippen LogP contribution in [0.25, 0.3) is 0 Å². The minimum Gasteiger partial charge on any atom is -0.459 e. The summed E-state index contributed by atoms with van der Waals surface area (Å²) in [6.45, 7) is 0. The highest BCUT2D eigenvalue weighted by atomic mass is 19.4. The first-order chi connectivity index (χ1) is 12.7. The van der Waals surface area contributed by atoms with Crippen molar-refractivity contribution in [2.75, 3.05) is 11.5 Å². The van der Waals surface area contributed by atoms with Crippen molar-refractivity contribution >= 4 is 17.3 Å². The van der Waals surface area contributed by atoms with Gasteiger partial charge in [-0.3, -0.25) is 0 Å². The lowest BCUT2D eigenvalue weighted by Gasteiger charge is -2.29. The van der Waals surface area contributed by atoms with Gasteiger partial charge in [-0.05, 0) is 79.6 Å². The van der Waals surface area contributed by atoms with E-state index in [9.17, 15) is 18.0 Å². The van der Waals surface area contributed by atoms with Gasteiger partial charge in [0.05, 0.1) is 11.1 Å². The number of carbonyl (C=O) groups is 1. The Labute approximate surface area is 155 Å². The van der Waals surface area contributed by atoms with Crippen LogP contribution in [0.5, 0.6) is 0 Å². The Morgan fingerprint density at radius 3 is 2.00 bits per heavy atom. The monoisotopic (exact) mass is 378 g/mol. The smallest absolute Gasteiger partial charge is 0.416 e. The maximum absolute atomic E-state index is 12.6. The fourth-order valence-electron chi connectivity index (χ4n) is 3.47. The molecule has 27 heavy (non-hydrogen) atoms. The number of halogens is 3. The number of esters is 1. The third-order valence-electron chi connectivity index (χ3n) is 4.87. The van der Waals surface area contributed by atoms with E-state index < -0.39 is 17.7 Å². The summed E-state index contributed by atoms with van der Waals surface area (Å²) >= 11 is 0. The average Bonchev–Trinajstić information content (AvgIpc) is 2.61. The number of nitrogens with two attached hydrogens (primary N) is 2.